The minimum absolute atomic E-state index is 0.177. The number of carbonyl (C=O) groups is 4. The molecule has 1 aliphatic rings. The van der Waals surface area contributed by atoms with Crippen molar-refractivity contribution in [2.24, 2.45) is 0 Å². The minimum atomic E-state index is -0.634. The second-order valence-electron chi connectivity index (χ2n) is 9.19. The van der Waals surface area contributed by atoms with Crippen LogP contribution in [0.5, 0.6) is 11.5 Å². The number of rotatable bonds is 12. The molecule has 2 aromatic rings. The van der Waals surface area contributed by atoms with Crippen molar-refractivity contribution >= 4 is 46.5 Å². The van der Waals surface area contributed by atoms with E-state index in [9.17, 15) is 19.2 Å². The van der Waals surface area contributed by atoms with E-state index < -0.39 is 23.7 Å². The Labute approximate surface area is 232 Å². The highest BCUT2D eigenvalue weighted by Crippen LogP contribution is 2.35. The molecule has 0 spiro atoms. The van der Waals surface area contributed by atoms with Crippen LogP contribution in [0.2, 0.25) is 0 Å². The predicted molar refractivity (Wildman–Crippen MR) is 151 cm³/mol. The van der Waals surface area contributed by atoms with Gasteiger partial charge in [0.05, 0.1) is 17.6 Å². The Bertz CT molecular complexity index is 1260. The molecule has 3 rings (SSSR count). The number of benzene rings is 2. The maximum Gasteiger partial charge on any atom is 0.326 e. The molecule has 1 heterocycles. The van der Waals surface area contributed by atoms with Crippen LogP contribution in [0.25, 0.3) is 6.08 Å². The van der Waals surface area contributed by atoms with E-state index in [2.05, 4.69) is 19.2 Å². The number of imide groups is 1. The molecule has 2 aromatic carbocycles. The van der Waals surface area contributed by atoms with E-state index in [0.29, 0.717) is 30.1 Å². The summed E-state index contributed by atoms with van der Waals surface area (Å²) in [7, 11) is 0. The molecule has 39 heavy (non-hydrogen) atoms. The molecule has 1 N–H and O–H groups in total. The Hall–Kier alpha value is -3.79. The van der Waals surface area contributed by atoms with Gasteiger partial charge in [0.25, 0.3) is 17.1 Å². The van der Waals surface area contributed by atoms with E-state index in [-0.39, 0.29) is 29.4 Å². The summed E-state index contributed by atoms with van der Waals surface area (Å²) in [6.45, 7) is 9.23. The van der Waals surface area contributed by atoms with Crippen molar-refractivity contribution in [3.63, 3.8) is 0 Å². The number of anilines is 1. The number of nitrogens with one attached hydrogen (secondary N) is 1. The minimum Gasteiger partial charge on any atom is -0.490 e. The standard InChI is InChI=1S/C29H34N2O7S/c1-6-19(5)38-27(33)16-31-28(34)25(39-29(31)35)15-20-12-13-23(24(14-20)36-7-2)37-17-26(32)30-22-11-9-8-10-21(22)18(3)4/h8-15,18-19H,6-7,16-17H2,1-5H3,(H,30,32)/b25-15+/t19-/m1/s1. The third-order valence-corrected chi connectivity index (χ3v) is 6.76. The van der Waals surface area contributed by atoms with Gasteiger partial charge in [0.15, 0.2) is 18.1 Å². The van der Waals surface area contributed by atoms with Crippen LogP contribution in [0.4, 0.5) is 10.5 Å². The van der Waals surface area contributed by atoms with Gasteiger partial charge in [-0.2, -0.15) is 0 Å². The van der Waals surface area contributed by atoms with Crippen LogP contribution in [-0.2, 0) is 19.1 Å². The number of para-hydroxylation sites is 1. The fourth-order valence-electron chi connectivity index (χ4n) is 3.71. The lowest BCUT2D eigenvalue weighted by Crippen LogP contribution is -2.35. The average molecular weight is 555 g/mol. The number of hydrogen-bond donors (Lipinski definition) is 1. The zero-order chi connectivity index (χ0) is 28.5. The zero-order valence-electron chi connectivity index (χ0n) is 22.8. The van der Waals surface area contributed by atoms with Crippen LogP contribution in [0.1, 0.15) is 58.1 Å². The smallest absolute Gasteiger partial charge is 0.326 e. The van der Waals surface area contributed by atoms with Gasteiger partial charge in [-0.05, 0) is 73.4 Å². The number of esters is 1. The van der Waals surface area contributed by atoms with E-state index >= 15 is 0 Å². The van der Waals surface area contributed by atoms with Crippen LogP contribution in [-0.4, -0.2) is 53.8 Å². The fourth-order valence-corrected chi connectivity index (χ4v) is 4.55. The van der Waals surface area contributed by atoms with Crippen molar-refractivity contribution in [3.8, 4) is 11.5 Å². The molecule has 9 nitrogen and oxygen atoms in total. The summed E-state index contributed by atoms with van der Waals surface area (Å²) in [4.78, 5) is 50.9. The Morgan fingerprint density at radius 1 is 1.03 bits per heavy atom. The van der Waals surface area contributed by atoms with Crippen molar-refractivity contribution in [2.75, 3.05) is 25.1 Å². The van der Waals surface area contributed by atoms with Gasteiger partial charge >= 0.3 is 5.97 Å². The van der Waals surface area contributed by atoms with Gasteiger partial charge in [-0.1, -0.05) is 45.0 Å². The molecule has 1 atom stereocenters. The quantitative estimate of drug-likeness (QED) is 0.266. The number of nitrogens with zero attached hydrogens (tertiary/aromatic N) is 1. The Balaban J connectivity index is 1.68. The van der Waals surface area contributed by atoms with Crippen molar-refractivity contribution in [1.82, 2.24) is 4.90 Å². The molecule has 1 fully saturated rings. The van der Waals surface area contributed by atoms with Gasteiger partial charge < -0.3 is 19.5 Å². The number of ether oxygens (including phenoxy) is 3. The summed E-state index contributed by atoms with van der Waals surface area (Å²) in [5.41, 5.74) is 2.36. The van der Waals surface area contributed by atoms with E-state index in [1.165, 1.54) is 0 Å². The molecular formula is C29H34N2O7S. The number of hydrogen-bond acceptors (Lipinski definition) is 8. The van der Waals surface area contributed by atoms with Crippen molar-refractivity contribution < 1.29 is 33.4 Å². The van der Waals surface area contributed by atoms with Crippen molar-refractivity contribution in [2.45, 2.75) is 53.1 Å². The molecule has 1 aliphatic heterocycles. The van der Waals surface area contributed by atoms with Gasteiger partial charge in [-0.3, -0.25) is 24.1 Å². The summed E-state index contributed by atoms with van der Waals surface area (Å²) < 4.78 is 16.6. The monoisotopic (exact) mass is 554 g/mol. The molecule has 1 saturated heterocycles. The number of amides is 3. The molecule has 208 valence electrons. The lowest BCUT2D eigenvalue weighted by atomic mass is 10.0. The predicted octanol–water partition coefficient (Wildman–Crippen LogP) is 5.60. The largest absolute Gasteiger partial charge is 0.490 e. The molecule has 0 bridgehead atoms. The van der Waals surface area contributed by atoms with Crippen LogP contribution in [0, 0.1) is 0 Å². The molecule has 0 radical (unpaired) electrons. The van der Waals surface area contributed by atoms with Crippen LogP contribution < -0.4 is 14.8 Å². The normalized spacial score (nSPS) is 15.0. The topological polar surface area (TPSA) is 111 Å². The third-order valence-electron chi connectivity index (χ3n) is 5.85. The molecule has 3 amide bonds. The summed E-state index contributed by atoms with van der Waals surface area (Å²) in [5, 5.41) is 2.35. The molecule has 0 saturated carbocycles. The highest BCUT2D eigenvalue weighted by molar-refractivity contribution is 8.18. The van der Waals surface area contributed by atoms with Gasteiger partial charge in [0.1, 0.15) is 6.54 Å². The maximum atomic E-state index is 12.8. The van der Waals surface area contributed by atoms with E-state index in [1.807, 2.05) is 38.1 Å². The first-order valence-electron chi connectivity index (χ1n) is 12.9. The Morgan fingerprint density at radius 3 is 2.46 bits per heavy atom. The summed E-state index contributed by atoms with van der Waals surface area (Å²) in [6.07, 6.45) is 1.88. The first-order valence-corrected chi connectivity index (χ1v) is 13.7. The van der Waals surface area contributed by atoms with Gasteiger partial charge in [0.2, 0.25) is 0 Å². The van der Waals surface area contributed by atoms with Gasteiger partial charge in [0, 0.05) is 5.69 Å². The van der Waals surface area contributed by atoms with E-state index in [0.717, 1.165) is 27.9 Å². The van der Waals surface area contributed by atoms with E-state index in [1.54, 1.807) is 31.2 Å². The van der Waals surface area contributed by atoms with Crippen LogP contribution in [0.15, 0.2) is 47.4 Å². The molecule has 0 aromatic heterocycles. The number of carbonyl (C=O) groups excluding carboxylic acids is 4. The Morgan fingerprint density at radius 2 is 1.77 bits per heavy atom. The maximum absolute atomic E-state index is 12.8. The zero-order valence-corrected chi connectivity index (χ0v) is 23.6. The van der Waals surface area contributed by atoms with Gasteiger partial charge in [-0.25, -0.2) is 0 Å². The average Bonchev–Trinajstić information content (AvgIpc) is 3.15. The highest BCUT2D eigenvalue weighted by Gasteiger charge is 2.37. The summed E-state index contributed by atoms with van der Waals surface area (Å²) in [6, 6.07) is 12.6. The van der Waals surface area contributed by atoms with Gasteiger partial charge in [-0.15, -0.1) is 0 Å². The highest BCUT2D eigenvalue weighted by atomic mass is 32.2. The third kappa shape index (κ3) is 8.10. The first kappa shape index (κ1) is 29.8. The second kappa shape index (κ2) is 13.8. The lowest BCUT2D eigenvalue weighted by Gasteiger charge is -2.15. The van der Waals surface area contributed by atoms with Crippen LogP contribution >= 0.6 is 11.8 Å². The lowest BCUT2D eigenvalue weighted by molar-refractivity contribution is -0.150. The fraction of sp³-hybridized carbons (Fsp3) is 0.379. The molecule has 10 heteroatoms. The molecule has 0 unspecified atom stereocenters. The first-order chi connectivity index (χ1) is 18.6. The molecular weight excluding hydrogens is 520 g/mol. The molecule has 0 aliphatic carbocycles. The SMILES string of the molecule is CCOc1cc(/C=C2/SC(=O)N(CC(=O)O[C@H](C)CC)C2=O)ccc1OCC(=O)Nc1ccccc1C(C)C. The number of thioether (sulfide) groups is 1. The van der Waals surface area contributed by atoms with Crippen LogP contribution in [0.3, 0.4) is 0 Å². The summed E-state index contributed by atoms with van der Waals surface area (Å²) >= 11 is 0.751. The Kier molecular flexibility index (Phi) is 10.6. The van der Waals surface area contributed by atoms with E-state index in [4.69, 9.17) is 14.2 Å². The van der Waals surface area contributed by atoms with Crippen molar-refractivity contribution in [3.05, 3.63) is 58.5 Å². The van der Waals surface area contributed by atoms with Crippen molar-refractivity contribution in [1.29, 1.82) is 0 Å². The second-order valence-corrected chi connectivity index (χ2v) is 10.2. The summed E-state index contributed by atoms with van der Waals surface area (Å²) in [5.74, 6) is -0.512.